The van der Waals surface area contributed by atoms with Gasteiger partial charge >= 0.3 is 90.3 Å². The molecule has 23 heavy (non-hydrogen) atoms. The summed E-state index contributed by atoms with van der Waals surface area (Å²) in [6, 6.07) is 0. The predicted octanol–water partition coefficient (Wildman–Crippen LogP) is -9.32. The molecule has 0 atom stereocenters. The Hall–Kier alpha value is -0.624. The Morgan fingerprint density at radius 1 is 0.478 bits per heavy atom. The van der Waals surface area contributed by atoms with Crippen molar-refractivity contribution in [2.75, 3.05) is 0 Å². The van der Waals surface area contributed by atoms with Crippen molar-refractivity contribution in [2.24, 2.45) is 0 Å². The maximum absolute atomic E-state index is 8.44. The summed E-state index contributed by atoms with van der Waals surface area (Å²) in [4.78, 5) is 42.2. The quantitative estimate of drug-likeness (QED) is 0.239. The molecule has 120 valence electrons. The Morgan fingerprint density at radius 3 is 0.478 bits per heavy atom. The number of hydrogen-bond acceptors (Lipinski definition) is 10. The molecule has 0 bridgehead atoms. The summed E-state index contributed by atoms with van der Waals surface area (Å²) in [5.74, 6) is 0. The van der Waals surface area contributed by atoms with E-state index in [0.717, 1.165) is 0 Å². The molecule has 0 aromatic rings. The zero-order valence-corrected chi connectivity index (χ0v) is 16.9. The molecule has 5 N–H and O–H groups in total. The van der Waals surface area contributed by atoms with Gasteiger partial charge in [-0.3, -0.25) is 0 Å². The van der Waals surface area contributed by atoms with Gasteiger partial charge < -0.3 is 75.0 Å². The van der Waals surface area contributed by atoms with Crippen LogP contribution < -0.4 is 55.1 Å². The Labute approximate surface area is 194 Å². The molecule has 0 heterocycles. The van der Waals surface area contributed by atoms with Crippen molar-refractivity contribution in [3.05, 3.63) is 0 Å². The van der Waals surface area contributed by atoms with E-state index in [-0.39, 0.29) is 90.3 Å². The van der Waals surface area contributed by atoms with Crippen LogP contribution in [0.4, 0.5) is 24.0 Å². The molecule has 0 amide bonds. The second kappa shape index (κ2) is 42.9. The summed E-state index contributed by atoms with van der Waals surface area (Å²) >= 11 is 0. The van der Waals surface area contributed by atoms with E-state index in [1.54, 1.807) is 0 Å². The second-order valence-corrected chi connectivity index (χ2v) is 1.33. The first-order chi connectivity index (χ1) is 8.66. The maximum Gasteiger partial charge on any atom is 2.00 e. The summed E-state index contributed by atoms with van der Waals surface area (Å²) in [5, 5.41) is 76.5. The Bertz CT molecular complexity index is 219. The molecule has 0 spiro atoms. The van der Waals surface area contributed by atoms with Gasteiger partial charge in [-0.2, -0.15) is 0 Å². The van der Waals surface area contributed by atoms with Gasteiger partial charge in [0, 0.05) is 0 Å². The van der Waals surface area contributed by atoms with Crippen LogP contribution in [0.1, 0.15) is 0 Å². The number of hydrogen-bond donors (Lipinski definition) is 5. The topological polar surface area (TPSA) is 302 Å². The molecule has 0 fully saturated rings. The van der Waals surface area contributed by atoms with Crippen molar-refractivity contribution >= 4 is 91.6 Å². The number of carbonyl (C=O) groups is 5. The summed E-state index contributed by atoms with van der Waals surface area (Å²) in [5.41, 5.74) is 0. The molecule has 0 aliphatic carbocycles. The molecule has 0 aromatic carbocycles. The van der Waals surface area contributed by atoms with Crippen molar-refractivity contribution in [3.63, 3.8) is 0 Å². The van der Waals surface area contributed by atoms with Crippen LogP contribution in [0.2, 0.25) is 0 Å². The summed E-state index contributed by atoms with van der Waals surface area (Å²) in [6.07, 6.45) is -10.4. The second-order valence-electron chi connectivity index (χ2n) is 1.33. The van der Waals surface area contributed by atoms with Crippen LogP contribution in [-0.2, 0) is 0 Å². The molecular formula is C5H5CaMgNaO15. The third-order valence-corrected chi connectivity index (χ3v) is 0. The largest absolute Gasteiger partial charge is 2.00 e. The van der Waals surface area contributed by atoms with E-state index < -0.39 is 30.8 Å². The minimum absolute atomic E-state index is 0. The fourth-order valence-corrected chi connectivity index (χ4v) is 0. The maximum atomic E-state index is 8.44. The molecular weight excluding hydrogens is 387 g/mol. The van der Waals surface area contributed by atoms with E-state index in [1.165, 1.54) is 0 Å². The van der Waals surface area contributed by atoms with Crippen LogP contribution in [0.5, 0.6) is 0 Å². The first kappa shape index (κ1) is 49.5. The summed E-state index contributed by atoms with van der Waals surface area (Å²) < 4.78 is 0. The SMILES string of the molecule is O=C([O-])O.O=C([O-])O.O=C([O-])O.O=C([O-])O.O=C([O-])O.[Ca+2].[Mg+2].[Na+]. The molecule has 15 nitrogen and oxygen atoms in total. The van der Waals surface area contributed by atoms with Crippen molar-refractivity contribution < 1.29 is 105 Å². The van der Waals surface area contributed by atoms with E-state index in [9.17, 15) is 0 Å². The zero-order valence-electron chi connectivity index (χ0n) is 11.2. The van der Waals surface area contributed by atoms with Gasteiger partial charge in [-0.15, -0.1) is 0 Å². The molecule has 0 aromatic heterocycles. The van der Waals surface area contributed by atoms with Gasteiger partial charge in [-0.25, -0.2) is 0 Å². The van der Waals surface area contributed by atoms with E-state index in [2.05, 4.69) is 0 Å². The number of carboxylic acid groups (broad SMARTS) is 10. The van der Waals surface area contributed by atoms with Crippen LogP contribution >= 0.6 is 0 Å². The molecule has 0 radical (unpaired) electrons. The summed E-state index contributed by atoms with van der Waals surface area (Å²) in [6.45, 7) is 0. The van der Waals surface area contributed by atoms with E-state index in [1.807, 2.05) is 0 Å². The molecule has 0 saturated carbocycles. The Kier molecular flexibility index (Phi) is 92.4. The van der Waals surface area contributed by atoms with E-state index >= 15 is 0 Å². The first-order valence-electron chi connectivity index (χ1n) is 3.16. The van der Waals surface area contributed by atoms with Crippen LogP contribution in [0, 0.1) is 0 Å². The minimum Gasteiger partial charge on any atom is -0.565 e. The first-order valence-corrected chi connectivity index (χ1v) is 3.16. The van der Waals surface area contributed by atoms with E-state index in [0.29, 0.717) is 0 Å². The van der Waals surface area contributed by atoms with Crippen molar-refractivity contribution in [2.45, 2.75) is 0 Å². The third kappa shape index (κ3) is 20600. The fourth-order valence-electron chi connectivity index (χ4n) is 0. The fraction of sp³-hybridized carbons (Fsp3) is 0. The van der Waals surface area contributed by atoms with Crippen LogP contribution in [0.3, 0.4) is 0 Å². The van der Waals surface area contributed by atoms with Crippen molar-refractivity contribution in [1.82, 2.24) is 0 Å². The van der Waals surface area contributed by atoms with Gasteiger partial charge in [0.2, 0.25) is 30.8 Å². The molecule has 18 heteroatoms. The molecule has 0 unspecified atom stereocenters. The van der Waals surface area contributed by atoms with Crippen LogP contribution in [-0.4, -0.2) is 117 Å². The van der Waals surface area contributed by atoms with Gasteiger partial charge in [0.25, 0.3) is 0 Å². The number of rotatable bonds is 0. The molecule has 0 aliphatic heterocycles. The van der Waals surface area contributed by atoms with Gasteiger partial charge in [0.1, 0.15) is 0 Å². The van der Waals surface area contributed by atoms with E-state index in [4.69, 9.17) is 75.0 Å². The Balaban J connectivity index is -0.0000000197. The monoisotopic (exact) mass is 392 g/mol. The average Bonchev–Trinajstić information content (AvgIpc) is 1.94. The molecule has 0 saturated heterocycles. The van der Waals surface area contributed by atoms with Gasteiger partial charge in [0.15, 0.2) is 0 Å². The predicted molar refractivity (Wildman–Crippen MR) is 51.6 cm³/mol. The molecule has 0 aliphatic rings. The summed E-state index contributed by atoms with van der Waals surface area (Å²) in [7, 11) is 0. The van der Waals surface area contributed by atoms with Crippen molar-refractivity contribution in [1.29, 1.82) is 0 Å². The van der Waals surface area contributed by atoms with Gasteiger partial charge in [-0.1, -0.05) is 0 Å². The normalized spacial score (nSPS) is 5.22. The third-order valence-electron chi connectivity index (χ3n) is 0. The van der Waals surface area contributed by atoms with Crippen LogP contribution in [0.15, 0.2) is 0 Å². The standard InChI is InChI=1S/5CH2O3.Ca.Mg.Na/c5*2-1(3)4;;;/h5*(H2,2,3,4);;;/q;;;;;2*+2;+1/p-5. The van der Waals surface area contributed by atoms with Crippen molar-refractivity contribution in [3.8, 4) is 0 Å². The minimum atomic E-state index is -2.08. The Morgan fingerprint density at radius 2 is 0.478 bits per heavy atom. The van der Waals surface area contributed by atoms with Gasteiger partial charge in [0.05, 0.1) is 0 Å². The average molecular weight is 392 g/mol. The van der Waals surface area contributed by atoms with Crippen LogP contribution in [0.25, 0.3) is 0 Å². The van der Waals surface area contributed by atoms with Gasteiger partial charge in [-0.05, 0) is 0 Å². The zero-order chi connectivity index (χ0) is 17.9. The molecule has 0 rings (SSSR count). The smallest absolute Gasteiger partial charge is 0.565 e.